The lowest BCUT2D eigenvalue weighted by atomic mass is 10.1. The summed E-state index contributed by atoms with van der Waals surface area (Å²) in [5.74, 6) is 0.988. The summed E-state index contributed by atoms with van der Waals surface area (Å²) in [7, 11) is 1.85. The minimum absolute atomic E-state index is 0.0491. The van der Waals surface area contributed by atoms with Crippen molar-refractivity contribution in [2.75, 3.05) is 19.1 Å². The van der Waals surface area contributed by atoms with Gasteiger partial charge in [-0.05, 0) is 25.3 Å². The SMILES string of the molecule is CSCC(C)N(C)C(=O)c1ccc2cn[nH]c2c1. The largest absolute Gasteiger partial charge is 0.338 e. The first-order chi connectivity index (χ1) is 8.63. The van der Waals surface area contributed by atoms with E-state index in [0.717, 1.165) is 16.7 Å². The molecule has 1 N–H and O–H groups in total. The third-order valence-electron chi connectivity index (χ3n) is 3.08. The predicted octanol–water partition coefficient (Wildman–Crippen LogP) is 2.39. The minimum Gasteiger partial charge on any atom is -0.338 e. The molecule has 18 heavy (non-hydrogen) atoms. The van der Waals surface area contributed by atoms with Crippen molar-refractivity contribution in [3.05, 3.63) is 30.0 Å². The number of rotatable bonds is 4. The molecule has 5 heteroatoms. The molecule has 0 radical (unpaired) electrons. The first-order valence-electron chi connectivity index (χ1n) is 5.82. The van der Waals surface area contributed by atoms with Gasteiger partial charge in [-0.25, -0.2) is 0 Å². The van der Waals surface area contributed by atoms with E-state index in [9.17, 15) is 4.79 Å². The summed E-state index contributed by atoms with van der Waals surface area (Å²) in [6, 6.07) is 5.85. The van der Waals surface area contributed by atoms with Crippen LogP contribution >= 0.6 is 11.8 Å². The Morgan fingerprint density at radius 1 is 1.56 bits per heavy atom. The Morgan fingerprint density at radius 3 is 3.06 bits per heavy atom. The van der Waals surface area contributed by atoms with Crippen LogP contribution in [0.5, 0.6) is 0 Å². The lowest BCUT2D eigenvalue weighted by molar-refractivity contribution is 0.0757. The van der Waals surface area contributed by atoms with Crippen LogP contribution in [0.3, 0.4) is 0 Å². The summed E-state index contributed by atoms with van der Waals surface area (Å²) >= 11 is 1.74. The van der Waals surface area contributed by atoms with Gasteiger partial charge >= 0.3 is 0 Å². The van der Waals surface area contributed by atoms with Crippen LogP contribution in [0, 0.1) is 0 Å². The van der Waals surface area contributed by atoms with Crippen LogP contribution in [0.15, 0.2) is 24.4 Å². The maximum Gasteiger partial charge on any atom is 0.253 e. The van der Waals surface area contributed by atoms with Crippen molar-refractivity contribution in [1.82, 2.24) is 15.1 Å². The van der Waals surface area contributed by atoms with Gasteiger partial charge in [-0.15, -0.1) is 0 Å². The summed E-state index contributed by atoms with van der Waals surface area (Å²) in [6.07, 6.45) is 3.80. The van der Waals surface area contributed by atoms with E-state index in [1.165, 1.54) is 0 Å². The standard InChI is InChI=1S/C13H17N3OS/c1-9(8-18-3)16(2)13(17)10-4-5-11-7-14-15-12(11)6-10/h4-7,9H,8H2,1-3H3,(H,14,15). The maximum absolute atomic E-state index is 12.3. The Kier molecular flexibility index (Phi) is 3.91. The molecule has 1 unspecified atom stereocenters. The number of thioether (sulfide) groups is 1. The number of hydrogen-bond donors (Lipinski definition) is 1. The number of fused-ring (bicyclic) bond motifs is 1. The van der Waals surface area contributed by atoms with Gasteiger partial charge in [0.2, 0.25) is 0 Å². The molecule has 0 saturated carbocycles. The molecular weight excluding hydrogens is 246 g/mol. The maximum atomic E-state index is 12.3. The number of carbonyl (C=O) groups is 1. The molecule has 0 aliphatic heterocycles. The highest BCUT2D eigenvalue weighted by molar-refractivity contribution is 7.98. The van der Waals surface area contributed by atoms with Crippen LogP contribution in [0.1, 0.15) is 17.3 Å². The average molecular weight is 263 g/mol. The van der Waals surface area contributed by atoms with Crippen LogP contribution in [0.2, 0.25) is 0 Å². The van der Waals surface area contributed by atoms with Crippen molar-refractivity contribution in [3.8, 4) is 0 Å². The van der Waals surface area contributed by atoms with Gasteiger partial charge in [-0.1, -0.05) is 6.07 Å². The van der Waals surface area contributed by atoms with E-state index < -0.39 is 0 Å². The smallest absolute Gasteiger partial charge is 0.253 e. The zero-order valence-corrected chi connectivity index (χ0v) is 11.6. The molecule has 0 aliphatic rings. The van der Waals surface area contributed by atoms with Crippen molar-refractivity contribution in [1.29, 1.82) is 0 Å². The van der Waals surface area contributed by atoms with Crippen LogP contribution in [-0.4, -0.2) is 46.1 Å². The second kappa shape index (κ2) is 5.44. The van der Waals surface area contributed by atoms with Gasteiger partial charge < -0.3 is 4.90 Å². The molecule has 1 aromatic carbocycles. The zero-order valence-electron chi connectivity index (χ0n) is 10.8. The van der Waals surface area contributed by atoms with Gasteiger partial charge in [0.05, 0.1) is 11.7 Å². The summed E-state index contributed by atoms with van der Waals surface area (Å²) in [5, 5.41) is 7.86. The van der Waals surface area contributed by atoms with E-state index >= 15 is 0 Å². The van der Waals surface area contributed by atoms with E-state index in [0.29, 0.717) is 5.56 Å². The fraction of sp³-hybridized carbons (Fsp3) is 0.385. The fourth-order valence-electron chi connectivity index (χ4n) is 1.83. The molecule has 0 fully saturated rings. The normalized spacial score (nSPS) is 12.6. The fourth-order valence-corrected chi connectivity index (χ4v) is 2.53. The van der Waals surface area contributed by atoms with E-state index in [-0.39, 0.29) is 11.9 Å². The number of amides is 1. The van der Waals surface area contributed by atoms with E-state index in [1.54, 1.807) is 22.9 Å². The second-order valence-corrected chi connectivity index (χ2v) is 5.30. The molecule has 2 aromatic rings. The van der Waals surface area contributed by atoms with Crippen LogP contribution in [0.25, 0.3) is 10.9 Å². The second-order valence-electron chi connectivity index (χ2n) is 4.39. The number of aromatic amines is 1. The van der Waals surface area contributed by atoms with Crippen molar-refractivity contribution >= 4 is 28.6 Å². The molecule has 0 spiro atoms. The lowest BCUT2D eigenvalue weighted by Crippen LogP contribution is -2.36. The summed E-state index contributed by atoms with van der Waals surface area (Å²) in [6.45, 7) is 2.06. The molecule has 0 aliphatic carbocycles. The van der Waals surface area contributed by atoms with Gasteiger partial charge in [0.1, 0.15) is 0 Å². The molecule has 2 rings (SSSR count). The summed E-state index contributed by atoms with van der Waals surface area (Å²) < 4.78 is 0. The number of H-pyrrole nitrogens is 1. The van der Waals surface area contributed by atoms with Crippen molar-refractivity contribution in [3.63, 3.8) is 0 Å². The molecular formula is C13H17N3OS. The van der Waals surface area contributed by atoms with Gasteiger partial charge in [0.15, 0.2) is 0 Å². The molecule has 1 atom stereocenters. The highest BCUT2D eigenvalue weighted by Crippen LogP contribution is 2.15. The van der Waals surface area contributed by atoms with Crippen molar-refractivity contribution in [2.24, 2.45) is 0 Å². The van der Waals surface area contributed by atoms with Gasteiger partial charge in [0, 0.05) is 29.8 Å². The number of benzene rings is 1. The quantitative estimate of drug-likeness (QED) is 0.921. The monoisotopic (exact) mass is 263 g/mol. The Labute approximate surface area is 111 Å². The van der Waals surface area contributed by atoms with Crippen LogP contribution in [0.4, 0.5) is 0 Å². The first kappa shape index (κ1) is 13.0. The first-order valence-corrected chi connectivity index (χ1v) is 7.22. The van der Waals surface area contributed by atoms with Crippen LogP contribution in [-0.2, 0) is 0 Å². The topological polar surface area (TPSA) is 49.0 Å². The van der Waals surface area contributed by atoms with Gasteiger partial charge in [0.25, 0.3) is 5.91 Å². The van der Waals surface area contributed by atoms with Gasteiger partial charge in [-0.3, -0.25) is 9.89 Å². The summed E-state index contributed by atoms with van der Waals surface area (Å²) in [4.78, 5) is 14.1. The molecule has 96 valence electrons. The molecule has 0 saturated heterocycles. The van der Waals surface area contributed by atoms with E-state index in [4.69, 9.17) is 0 Å². The minimum atomic E-state index is 0.0491. The average Bonchev–Trinajstić information content (AvgIpc) is 2.84. The van der Waals surface area contributed by atoms with E-state index in [2.05, 4.69) is 17.1 Å². The van der Waals surface area contributed by atoms with Crippen molar-refractivity contribution < 1.29 is 4.79 Å². The van der Waals surface area contributed by atoms with E-state index in [1.807, 2.05) is 31.5 Å². The highest BCUT2D eigenvalue weighted by atomic mass is 32.2. The lowest BCUT2D eigenvalue weighted by Gasteiger charge is -2.24. The number of hydrogen-bond acceptors (Lipinski definition) is 3. The number of aromatic nitrogens is 2. The third kappa shape index (κ3) is 2.51. The highest BCUT2D eigenvalue weighted by Gasteiger charge is 2.17. The molecule has 1 aromatic heterocycles. The summed E-state index contributed by atoms with van der Waals surface area (Å²) in [5.41, 5.74) is 1.59. The van der Waals surface area contributed by atoms with Crippen molar-refractivity contribution in [2.45, 2.75) is 13.0 Å². The Balaban J connectivity index is 2.21. The number of carbonyl (C=O) groups excluding carboxylic acids is 1. The molecule has 0 bridgehead atoms. The zero-order chi connectivity index (χ0) is 13.1. The molecule has 4 nitrogen and oxygen atoms in total. The third-order valence-corrected chi connectivity index (χ3v) is 3.89. The van der Waals surface area contributed by atoms with Gasteiger partial charge in [-0.2, -0.15) is 16.9 Å². The Morgan fingerprint density at radius 2 is 2.33 bits per heavy atom. The molecule has 1 heterocycles. The number of nitrogens with zero attached hydrogens (tertiary/aromatic N) is 2. The van der Waals surface area contributed by atoms with Crippen LogP contribution < -0.4 is 0 Å². The Hall–Kier alpha value is -1.49. The molecule has 1 amide bonds. The Bertz CT molecular complexity index is 552. The predicted molar refractivity (Wildman–Crippen MR) is 76.0 cm³/mol. The number of nitrogens with one attached hydrogen (secondary N) is 1.